The summed E-state index contributed by atoms with van der Waals surface area (Å²) in [5, 5.41) is 9.95. The summed E-state index contributed by atoms with van der Waals surface area (Å²) in [5.41, 5.74) is 1.51. The molecule has 18 heavy (non-hydrogen) atoms. The number of pyridine rings is 1. The molecule has 0 bridgehead atoms. The monoisotopic (exact) mass is 283 g/mol. The molecule has 1 N–H and O–H groups in total. The van der Waals surface area contributed by atoms with Crippen molar-refractivity contribution in [3.8, 4) is 5.88 Å². The molecule has 0 radical (unpaired) electrons. The number of nitrogens with zero attached hydrogens (tertiary/aromatic N) is 1. The van der Waals surface area contributed by atoms with Crippen LogP contribution < -0.4 is 4.74 Å². The molecular formula is C13H11Cl2NO2. The van der Waals surface area contributed by atoms with Gasteiger partial charge in [-0.15, -0.1) is 0 Å². The summed E-state index contributed by atoms with van der Waals surface area (Å²) in [7, 11) is 0. The Bertz CT molecular complexity index is 546. The van der Waals surface area contributed by atoms with E-state index in [4.69, 9.17) is 33.0 Å². The fraction of sp³-hybridized carbons (Fsp3) is 0.154. The molecule has 3 nitrogen and oxygen atoms in total. The first-order valence-electron chi connectivity index (χ1n) is 5.32. The Hall–Kier alpha value is -1.29. The van der Waals surface area contributed by atoms with Gasteiger partial charge in [-0.05, 0) is 17.7 Å². The van der Waals surface area contributed by atoms with Gasteiger partial charge in [-0.3, -0.25) is 0 Å². The van der Waals surface area contributed by atoms with Crippen LogP contribution >= 0.6 is 23.2 Å². The SMILES string of the molecule is OCc1cnc(OCc2ccccc2Cl)c(Cl)c1. The zero-order valence-electron chi connectivity index (χ0n) is 9.44. The van der Waals surface area contributed by atoms with E-state index in [0.29, 0.717) is 28.1 Å². The van der Waals surface area contributed by atoms with Crippen LogP contribution in [0.25, 0.3) is 0 Å². The zero-order valence-corrected chi connectivity index (χ0v) is 10.9. The molecule has 1 aromatic carbocycles. The average molecular weight is 284 g/mol. The lowest BCUT2D eigenvalue weighted by Gasteiger charge is -2.08. The van der Waals surface area contributed by atoms with E-state index in [2.05, 4.69) is 4.98 Å². The molecule has 0 fully saturated rings. The quantitative estimate of drug-likeness (QED) is 0.934. The molecule has 0 aliphatic heterocycles. The largest absolute Gasteiger partial charge is 0.472 e. The summed E-state index contributed by atoms with van der Waals surface area (Å²) in [6.07, 6.45) is 1.52. The molecule has 0 spiro atoms. The number of aliphatic hydroxyl groups is 1. The van der Waals surface area contributed by atoms with E-state index in [0.717, 1.165) is 5.56 Å². The van der Waals surface area contributed by atoms with Gasteiger partial charge < -0.3 is 9.84 Å². The Morgan fingerprint density at radius 1 is 1.17 bits per heavy atom. The highest BCUT2D eigenvalue weighted by atomic mass is 35.5. The van der Waals surface area contributed by atoms with Gasteiger partial charge in [0.1, 0.15) is 11.6 Å². The fourth-order valence-corrected chi connectivity index (χ4v) is 1.85. The van der Waals surface area contributed by atoms with Crippen molar-refractivity contribution in [3.63, 3.8) is 0 Å². The van der Waals surface area contributed by atoms with Crippen molar-refractivity contribution in [1.29, 1.82) is 0 Å². The normalized spacial score (nSPS) is 10.4. The number of aliphatic hydroxyl groups excluding tert-OH is 1. The summed E-state index contributed by atoms with van der Waals surface area (Å²) >= 11 is 12.0. The Morgan fingerprint density at radius 2 is 1.94 bits per heavy atom. The van der Waals surface area contributed by atoms with Gasteiger partial charge in [0.05, 0.1) is 6.61 Å². The predicted octanol–water partition coefficient (Wildman–Crippen LogP) is 3.46. The van der Waals surface area contributed by atoms with E-state index in [1.807, 2.05) is 18.2 Å². The fourth-order valence-electron chi connectivity index (χ4n) is 1.42. The molecule has 0 unspecified atom stereocenters. The van der Waals surface area contributed by atoms with Crippen LogP contribution in [0.4, 0.5) is 0 Å². The van der Waals surface area contributed by atoms with Crippen molar-refractivity contribution in [2.45, 2.75) is 13.2 Å². The molecule has 0 saturated carbocycles. The van der Waals surface area contributed by atoms with E-state index in [1.54, 1.807) is 12.1 Å². The molecule has 5 heteroatoms. The summed E-state index contributed by atoms with van der Waals surface area (Å²) in [6, 6.07) is 9.03. The highest BCUT2D eigenvalue weighted by Crippen LogP contribution is 2.24. The molecule has 2 rings (SSSR count). The molecule has 0 amide bonds. The average Bonchev–Trinajstić information content (AvgIpc) is 2.39. The van der Waals surface area contributed by atoms with Crippen LogP contribution in [0.15, 0.2) is 36.5 Å². The van der Waals surface area contributed by atoms with E-state index < -0.39 is 0 Å². The first-order chi connectivity index (χ1) is 8.70. The maximum atomic E-state index is 8.94. The topological polar surface area (TPSA) is 42.4 Å². The number of aromatic nitrogens is 1. The lowest BCUT2D eigenvalue weighted by atomic mass is 10.2. The van der Waals surface area contributed by atoms with Gasteiger partial charge in [-0.25, -0.2) is 4.98 Å². The summed E-state index contributed by atoms with van der Waals surface area (Å²) in [4.78, 5) is 4.04. The molecule has 0 atom stereocenters. The minimum atomic E-state index is -0.0997. The third-order valence-corrected chi connectivity index (χ3v) is 3.01. The zero-order chi connectivity index (χ0) is 13.0. The van der Waals surface area contributed by atoms with Gasteiger partial charge in [0.25, 0.3) is 0 Å². The Kier molecular flexibility index (Phi) is 4.42. The Labute approximate surface area is 115 Å². The molecule has 94 valence electrons. The maximum Gasteiger partial charge on any atom is 0.232 e. The van der Waals surface area contributed by atoms with Crippen molar-refractivity contribution in [2.75, 3.05) is 0 Å². The van der Waals surface area contributed by atoms with E-state index in [9.17, 15) is 0 Å². The van der Waals surface area contributed by atoms with Gasteiger partial charge in [-0.2, -0.15) is 0 Å². The van der Waals surface area contributed by atoms with E-state index in [1.165, 1.54) is 6.20 Å². The van der Waals surface area contributed by atoms with Gasteiger partial charge >= 0.3 is 0 Å². The minimum absolute atomic E-state index is 0.0997. The van der Waals surface area contributed by atoms with Crippen LogP contribution in [0.3, 0.4) is 0 Å². The van der Waals surface area contributed by atoms with Gasteiger partial charge in [0.2, 0.25) is 5.88 Å². The second-order valence-corrected chi connectivity index (χ2v) is 4.48. The van der Waals surface area contributed by atoms with Gasteiger partial charge in [0.15, 0.2) is 0 Å². The second-order valence-electron chi connectivity index (χ2n) is 3.67. The molecule has 0 aliphatic rings. The van der Waals surface area contributed by atoms with Crippen molar-refractivity contribution < 1.29 is 9.84 Å². The number of hydrogen-bond acceptors (Lipinski definition) is 3. The molecule has 2 aromatic rings. The molecule has 0 aliphatic carbocycles. The first kappa shape index (κ1) is 13.1. The van der Waals surface area contributed by atoms with Gasteiger partial charge in [-0.1, -0.05) is 41.4 Å². The van der Waals surface area contributed by atoms with Crippen LogP contribution in [-0.4, -0.2) is 10.1 Å². The third-order valence-electron chi connectivity index (χ3n) is 2.37. The summed E-state index contributed by atoms with van der Waals surface area (Å²) in [6.45, 7) is 0.197. The Balaban J connectivity index is 2.09. The highest BCUT2D eigenvalue weighted by Gasteiger charge is 2.06. The summed E-state index contributed by atoms with van der Waals surface area (Å²) in [5.74, 6) is 0.328. The van der Waals surface area contributed by atoms with E-state index in [-0.39, 0.29) is 6.61 Å². The molecule has 1 heterocycles. The van der Waals surface area contributed by atoms with Crippen LogP contribution in [0.2, 0.25) is 10.0 Å². The van der Waals surface area contributed by atoms with Crippen molar-refractivity contribution in [2.24, 2.45) is 0 Å². The molecular weight excluding hydrogens is 273 g/mol. The van der Waals surface area contributed by atoms with Crippen molar-refractivity contribution >= 4 is 23.2 Å². The molecule has 1 aromatic heterocycles. The summed E-state index contributed by atoms with van der Waals surface area (Å²) < 4.78 is 5.49. The second kappa shape index (κ2) is 6.05. The van der Waals surface area contributed by atoms with Crippen LogP contribution in [0, 0.1) is 0 Å². The van der Waals surface area contributed by atoms with E-state index >= 15 is 0 Å². The minimum Gasteiger partial charge on any atom is -0.472 e. The van der Waals surface area contributed by atoms with Gasteiger partial charge in [0, 0.05) is 16.8 Å². The highest BCUT2D eigenvalue weighted by molar-refractivity contribution is 6.32. The number of rotatable bonds is 4. The third kappa shape index (κ3) is 3.13. The standard InChI is InChI=1S/C13H11Cl2NO2/c14-11-4-2-1-3-10(11)8-18-13-12(15)5-9(7-17)6-16-13/h1-6,17H,7-8H2. The Morgan fingerprint density at radius 3 is 2.61 bits per heavy atom. The predicted molar refractivity (Wildman–Crippen MR) is 71.0 cm³/mol. The number of ether oxygens (including phenoxy) is 1. The number of hydrogen-bond donors (Lipinski definition) is 1. The first-order valence-corrected chi connectivity index (χ1v) is 6.08. The number of halogens is 2. The number of benzene rings is 1. The maximum absolute atomic E-state index is 8.94. The van der Waals surface area contributed by atoms with Crippen molar-refractivity contribution in [3.05, 3.63) is 57.7 Å². The van der Waals surface area contributed by atoms with Crippen LogP contribution in [-0.2, 0) is 13.2 Å². The lowest BCUT2D eigenvalue weighted by molar-refractivity contribution is 0.278. The van der Waals surface area contributed by atoms with Crippen molar-refractivity contribution in [1.82, 2.24) is 4.98 Å². The smallest absolute Gasteiger partial charge is 0.232 e. The lowest BCUT2D eigenvalue weighted by Crippen LogP contribution is -1.99. The van der Waals surface area contributed by atoms with Crippen LogP contribution in [0.1, 0.15) is 11.1 Å². The van der Waals surface area contributed by atoms with Crippen LogP contribution in [0.5, 0.6) is 5.88 Å². The molecule has 0 saturated heterocycles.